The van der Waals surface area contributed by atoms with Crippen molar-refractivity contribution < 1.29 is 4.79 Å². The van der Waals surface area contributed by atoms with Crippen LogP contribution in [0.25, 0.3) is 0 Å². The van der Waals surface area contributed by atoms with Crippen molar-refractivity contribution in [2.75, 3.05) is 32.4 Å². The molecule has 0 bridgehead atoms. The standard InChI is InChI=1S/C14H25N5O/c1-4-10-9-18(3)7-6-8-19(10)14(20)13-12(15)11(5-2)16-17-13/h10H,4-9,15H2,1-3H3,(H,16,17). The zero-order chi connectivity index (χ0) is 14.7. The summed E-state index contributed by atoms with van der Waals surface area (Å²) in [4.78, 5) is 16.9. The van der Waals surface area contributed by atoms with Crippen molar-refractivity contribution in [3.8, 4) is 0 Å². The molecule has 0 aromatic carbocycles. The molecule has 112 valence electrons. The molecule has 1 aliphatic rings. The van der Waals surface area contributed by atoms with Gasteiger partial charge in [0, 0.05) is 19.1 Å². The maximum Gasteiger partial charge on any atom is 0.276 e. The number of carbonyl (C=O) groups is 1. The number of likely N-dealkylation sites (N-methyl/N-ethyl adjacent to an activating group) is 1. The fraction of sp³-hybridized carbons (Fsp3) is 0.714. The monoisotopic (exact) mass is 279 g/mol. The van der Waals surface area contributed by atoms with Crippen LogP contribution < -0.4 is 5.73 Å². The lowest BCUT2D eigenvalue weighted by Gasteiger charge is -2.29. The second-order valence-corrected chi connectivity index (χ2v) is 5.49. The fourth-order valence-corrected chi connectivity index (χ4v) is 2.82. The smallest absolute Gasteiger partial charge is 0.276 e. The van der Waals surface area contributed by atoms with E-state index in [1.165, 1.54) is 0 Å². The number of H-pyrrole nitrogens is 1. The Morgan fingerprint density at radius 2 is 2.20 bits per heavy atom. The zero-order valence-electron chi connectivity index (χ0n) is 12.6. The predicted octanol–water partition coefficient (Wildman–Crippen LogP) is 1.11. The van der Waals surface area contributed by atoms with Gasteiger partial charge >= 0.3 is 0 Å². The third-order valence-electron chi connectivity index (χ3n) is 4.07. The summed E-state index contributed by atoms with van der Waals surface area (Å²) in [5.74, 6) is -0.0411. The van der Waals surface area contributed by atoms with Crippen LogP contribution in [-0.2, 0) is 6.42 Å². The molecule has 2 heterocycles. The second-order valence-electron chi connectivity index (χ2n) is 5.49. The van der Waals surface area contributed by atoms with Crippen LogP contribution in [0.15, 0.2) is 0 Å². The molecule has 1 fully saturated rings. The summed E-state index contributed by atoms with van der Waals surface area (Å²) in [5.41, 5.74) is 7.75. The predicted molar refractivity (Wildman–Crippen MR) is 79.6 cm³/mol. The summed E-state index contributed by atoms with van der Waals surface area (Å²) in [5, 5.41) is 6.99. The normalized spacial score (nSPS) is 20.9. The molecule has 6 nitrogen and oxygen atoms in total. The van der Waals surface area contributed by atoms with Crippen molar-refractivity contribution in [1.29, 1.82) is 0 Å². The average molecular weight is 279 g/mol. The van der Waals surface area contributed by atoms with Gasteiger partial charge in [-0.2, -0.15) is 5.10 Å². The van der Waals surface area contributed by atoms with Crippen molar-refractivity contribution in [2.24, 2.45) is 0 Å². The highest BCUT2D eigenvalue weighted by Crippen LogP contribution is 2.20. The molecule has 20 heavy (non-hydrogen) atoms. The number of aryl methyl sites for hydroxylation is 1. The number of nitrogens with two attached hydrogens (primary N) is 1. The van der Waals surface area contributed by atoms with Crippen LogP contribution in [0.2, 0.25) is 0 Å². The van der Waals surface area contributed by atoms with E-state index in [0.29, 0.717) is 11.4 Å². The van der Waals surface area contributed by atoms with E-state index < -0.39 is 0 Å². The Bertz CT molecular complexity index is 470. The van der Waals surface area contributed by atoms with E-state index in [1.54, 1.807) is 0 Å². The largest absolute Gasteiger partial charge is 0.395 e. The Morgan fingerprint density at radius 1 is 1.45 bits per heavy atom. The number of nitrogen functional groups attached to an aromatic ring is 1. The van der Waals surface area contributed by atoms with Crippen LogP contribution in [0.5, 0.6) is 0 Å². The van der Waals surface area contributed by atoms with Crippen molar-refractivity contribution >= 4 is 11.6 Å². The van der Waals surface area contributed by atoms with Gasteiger partial charge in [-0.25, -0.2) is 0 Å². The summed E-state index contributed by atoms with van der Waals surface area (Å²) in [7, 11) is 2.11. The van der Waals surface area contributed by atoms with Gasteiger partial charge in [-0.05, 0) is 32.9 Å². The molecule has 1 unspecified atom stereocenters. The minimum absolute atomic E-state index is 0.0411. The van der Waals surface area contributed by atoms with Crippen LogP contribution in [0.1, 0.15) is 42.9 Å². The van der Waals surface area contributed by atoms with Crippen LogP contribution in [0, 0.1) is 0 Å². The van der Waals surface area contributed by atoms with Crippen molar-refractivity contribution in [3.05, 3.63) is 11.4 Å². The minimum Gasteiger partial charge on any atom is -0.395 e. The molecular formula is C14H25N5O. The van der Waals surface area contributed by atoms with E-state index in [1.807, 2.05) is 11.8 Å². The Kier molecular flexibility index (Phi) is 4.65. The number of hydrogen-bond donors (Lipinski definition) is 2. The lowest BCUT2D eigenvalue weighted by atomic mass is 10.1. The summed E-state index contributed by atoms with van der Waals surface area (Å²) >= 11 is 0. The number of carbonyl (C=O) groups excluding carboxylic acids is 1. The van der Waals surface area contributed by atoms with Crippen molar-refractivity contribution in [1.82, 2.24) is 20.0 Å². The Hall–Kier alpha value is -1.56. The first-order valence-corrected chi connectivity index (χ1v) is 7.40. The number of aromatic amines is 1. The first kappa shape index (κ1) is 14.8. The molecule has 6 heteroatoms. The zero-order valence-corrected chi connectivity index (χ0v) is 12.6. The van der Waals surface area contributed by atoms with Gasteiger partial charge in [0.25, 0.3) is 5.91 Å². The lowest BCUT2D eigenvalue weighted by Crippen LogP contribution is -2.43. The van der Waals surface area contributed by atoms with Gasteiger partial charge in [-0.1, -0.05) is 13.8 Å². The average Bonchev–Trinajstić information content (AvgIpc) is 2.70. The second kappa shape index (κ2) is 6.26. The SMILES string of the molecule is CCc1[nH]nc(C(=O)N2CCCN(C)CC2CC)c1N. The molecule has 1 aromatic rings. The van der Waals surface area contributed by atoms with Crippen LogP contribution in [0.4, 0.5) is 5.69 Å². The topological polar surface area (TPSA) is 78.2 Å². The number of nitrogens with one attached hydrogen (secondary N) is 1. The maximum absolute atomic E-state index is 12.7. The van der Waals surface area contributed by atoms with E-state index in [0.717, 1.165) is 44.6 Å². The Labute approximate surface area is 120 Å². The van der Waals surface area contributed by atoms with Gasteiger partial charge in [0.2, 0.25) is 0 Å². The van der Waals surface area contributed by atoms with Gasteiger partial charge in [-0.3, -0.25) is 9.89 Å². The van der Waals surface area contributed by atoms with E-state index in [4.69, 9.17) is 5.73 Å². The van der Waals surface area contributed by atoms with Crippen LogP contribution >= 0.6 is 0 Å². The molecule has 0 radical (unpaired) electrons. The van der Waals surface area contributed by atoms with E-state index in [9.17, 15) is 4.79 Å². The highest BCUT2D eigenvalue weighted by molar-refractivity contribution is 5.97. The number of nitrogens with zero attached hydrogens (tertiary/aromatic N) is 3. The molecule has 1 amide bonds. The summed E-state index contributed by atoms with van der Waals surface area (Å²) < 4.78 is 0. The summed E-state index contributed by atoms with van der Waals surface area (Å²) in [6, 6.07) is 0.233. The van der Waals surface area contributed by atoms with Crippen molar-refractivity contribution in [3.63, 3.8) is 0 Å². The van der Waals surface area contributed by atoms with E-state index >= 15 is 0 Å². The third-order valence-corrected chi connectivity index (χ3v) is 4.07. The molecule has 1 aliphatic heterocycles. The summed E-state index contributed by atoms with van der Waals surface area (Å²) in [6.45, 7) is 6.82. The molecule has 3 N–H and O–H groups in total. The molecular weight excluding hydrogens is 254 g/mol. The third kappa shape index (κ3) is 2.80. The molecule has 1 saturated heterocycles. The molecule has 0 aliphatic carbocycles. The van der Waals surface area contributed by atoms with Crippen LogP contribution in [0.3, 0.4) is 0 Å². The summed E-state index contributed by atoms with van der Waals surface area (Å²) in [6.07, 6.45) is 2.69. The van der Waals surface area contributed by atoms with Crippen LogP contribution in [-0.4, -0.2) is 58.6 Å². The lowest BCUT2D eigenvalue weighted by molar-refractivity contribution is 0.0670. The van der Waals surface area contributed by atoms with Gasteiger partial charge in [0.15, 0.2) is 5.69 Å². The van der Waals surface area contributed by atoms with Gasteiger partial charge < -0.3 is 15.5 Å². The molecule has 0 spiro atoms. The molecule has 1 atom stereocenters. The number of anilines is 1. The minimum atomic E-state index is -0.0411. The maximum atomic E-state index is 12.7. The van der Waals surface area contributed by atoms with E-state index in [-0.39, 0.29) is 11.9 Å². The number of amides is 1. The fourth-order valence-electron chi connectivity index (χ4n) is 2.82. The first-order chi connectivity index (χ1) is 9.58. The first-order valence-electron chi connectivity index (χ1n) is 7.40. The highest BCUT2D eigenvalue weighted by Gasteiger charge is 2.29. The number of aromatic nitrogens is 2. The van der Waals surface area contributed by atoms with Gasteiger partial charge in [0.05, 0.1) is 11.4 Å². The Morgan fingerprint density at radius 3 is 2.80 bits per heavy atom. The Balaban J connectivity index is 2.23. The quantitative estimate of drug-likeness (QED) is 0.869. The van der Waals surface area contributed by atoms with Gasteiger partial charge in [0.1, 0.15) is 0 Å². The number of rotatable bonds is 3. The molecule has 1 aromatic heterocycles. The van der Waals surface area contributed by atoms with Crippen molar-refractivity contribution in [2.45, 2.75) is 39.2 Å². The highest BCUT2D eigenvalue weighted by atomic mass is 16.2. The molecule has 2 rings (SSSR count). The van der Waals surface area contributed by atoms with Gasteiger partial charge in [-0.15, -0.1) is 0 Å². The molecule has 0 saturated carbocycles. The van der Waals surface area contributed by atoms with E-state index in [2.05, 4.69) is 29.1 Å². The number of hydrogen-bond acceptors (Lipinski definition) is 4.